The third-order valence-electron chi connectivity index (χ3n) is 5.11. The Morgan fingerprint density at radius 1 is 1.21 bits per heavy atom. The van der Waals surface area contributed by atoms with Gasteiger partial charge in [-0.1, -0.05) is 17.9 Å². The highest BCUT2D eigenvalue weighted by molar-refractivity contribution is 7.09. The molecule has 1 atom stereocenters. The van der Waals surface area contributed by atoms with Gasteiger partial charge in [0.2, 0.25) is 0 Å². The summed E-state index contributed by atoms with van der Waals surface area (Å²) < 4.78 is 13.6. The molecule has 4 rings (SSSR count). The molecule has 2 aromatic heterocycles. The van der Waals surface area contributed by atoms with Gasteiger partial charge in [-0.05, 0) is 35.2 Å². The third-order valence-corrected chi connectivity index (χ3v) is 5.99. The molecule has 1 fully saturated rings. The van der Waals surface area contributed by atoms with E-state index in [1.54, 1.807) is 29.8 Å². The molecule has 2 aliphatic rings. The molecular weight excluding hydrogens is 385 g/mol. The minimum atomic E-state index is -0.342. The number of anilines is 1. The Bertz CT molecular complexity index is 908. The summed E-state index contributed by atoms with van der Waals surface area (Å²) in [5.41, 5.74) is 3.70. The molecule has 0 aromatic carbocycles. The quantitative estimate of drug-likeness (QED) is 0.711. The van der Waals surface area contributed by atoms with E-state index < -0.39 is 0 Å². The summed E-state index contributed by atoms with van der Waals surface area (Å²) in [5, 5.41) is 5.75. The number of allylic oxidation sites excluding steroid dienone is 3. The first kappa shape index (κ1) is 19.7. The first-order valence-corrected chi connectivity index (χ1v) is 10.7. The summed E-state index contributed by atoms with van der Waals surface area (Å²) in [6.45, 7) is 5.40. The smallest absolute Gasteiger partial charge is 0.165 e. The van der Waals surface area contributed by atoms with Crippen molar-refractivity contribution in [3.63, 3.8) is 0 Å². The van der Waals surface area contributed by atoms with Gasteiger partial charge in [0.15, 0.2) is 5.83 Å². The second-order valence-electron chi connectivity index (χ2n) is 7.02. The first-order valence-electron chi connectivity index (χ1n) is 9.77. The Morgan fingerprint density at radius 3 is 2.86 bits per heavy atom. The molecule has 0 saturated carbocycles. The molecular formula is C22H24FN5S. The van der Waals surface area contributed by atoms with Crippen molar-refractivity contribution in [3.8, 4) is 0 Å². The van der Waals surface area contributed by atoms with Crippen LogP contribution in [0.2, 0.25) is 0 Å². The van der Waals surface area contributed by atoms with E-state index in [1.807, 2.05) is 18.3 Å². The number of halogens is 1. The number of hydrogen-bond donors (Lipinski definition) is 1. The summed E-state index contributed by atoms with van der Waals surface area (Å²) in [6, 6.07) is 4.31. The molecule has 1 N–H and O–H groups in total. The molecule has 3 heterocycles. The first-order chi connectivity index (χ1) is 14.3. The number of hydrogen-bond acceptors (Lipinski definition) is 6. The number of nitrogens with one attached hydrogen (secondary N) is 1. The predicted molar refractivity (Wildman–Crippen MR) is 116 cm³/mol. The predicted octanol–water partition coefficient (Wildman–Crippen LogP) is 3.32. The fourth-order valence-corrected chi connectivity index (χ4v) is 4.18. The van der Waals surface area contributed by atoms with Crippen LogP contribution < -0.4 is 10.2 Å². The Hall–Kier alpha value is -2.57. The lowest BCUT2D eigenvalue weighted by Crippen LogP contribution is -2.51. The van der Waals surface area contributed by atoms with Crippen LogP contribution in [0.25, 0.3) is 0 Å². The zero-order valence-electron chi connectivity index (χ0n) is 16.2. The van der Waals surface area contributed by atoms with E-state index >= 15 is 0 Å². The van der Waals surface area contributed by atoms with Gasteiger partial charge in [-0.25, -0.2) is 4.98 Å². The zero-order valence-corrected chi connectivity index (χ0v) is 17.0. The van der Waals surface area contributed by atoms with E-state index in [4.69, 9.17) is 0 Å². The second-order valence-corrected chi connectivity index (χ2v) is 8.06. The molecule has 1 unspecified atom stereocenters. The highest BCUT2D eigenvalue weighted by Gasteiger charge is 2.22. The Morgan fingerprint density at radius 2 is 2.10 bits per heavy atom. The summed E-state index contributed by atoms with van der Waals surface area (Å²) in [7, 11) is 0. The third kappa shape index (κ3) is 5.49. The Kier molecular flexibility index (Phi) is 6.64. The van der Waals surface area contributed by atoms with Crippen molar-refractivity contribution in [1.82, 2.24) is 20.2 Å². The van der Waals surface area contributed by atoms with Crippen molar-refractivity contribution < 1.29 is 4.39 Å². The monoisotopic (exact) mass is 409 g/mol. The molecule has 5 nitrogen and oxygen atoms in total. The van der Waals surface area contributed by atoms with Crippen LogP contribution in [0, 0.1) is 0 Å². The van der Waals surface area contributed by atoms with Crippen molar-refractivity contribution in [1.29, 1.82) is 0 Å². The van der Waals surface area contributed by atoms with Gasteiger partial charge in [-0.15, -0.1) is 11.3 Å². The average molecular weight is 410 g/mol. The molecule has 29 heavy (non-hydrogen) atoms. The minimum absolute atomic E-state index is 0.111. The maximum atomic E-state index is 13.6. The van der Waals surface area contributed by atoms with Crippen LogP contribution in [-0.2, 0) is 6.54 Å². The van der Waals surface area contributed by atoms with E-state index in [1.165, 1.54) is 11.0 Å². The molecule has 1 aliphatic carbocycles. The van der Waals surface area contributed by atoms with E-state index in [0.717, 1.165) is 50.7 Å². The van der Waals surface area contributed by atoms with Gasteiger partial charge in [0.25, 0.3) is 0 Å². The number of piperazine rings is 1. The zero-order chi connectivity index (χ0) is 19.9. The van der Waals surface area contributed by atoms with Gasteiger partial charge in [0.1, 0.15) is 5.82 Å². The maximum Gasteiger partial charge on any atom is 0.165 e. The fraction of sp³-hybridized carbons (Fsp3) is 0.318. The van der Waals surface area contributed by atoms with Crippen LogP contribution in [0.15, 0.2) is 77.5 Å². The van der Waals surface area contributed by atoms with Crippen LogP contribution in [0.5, 0.6) is 0 Å². The van der Waals surface area contributed by atoms with E-state index in [0.29, 0.717) is 0 Å². The van der Waals surface area contributed by atoms with Gasteiger partial charge in [0.05, 0.1) is 6.20 Å². The Labute approximate surface area is 174 Å². The molecule has 7 heteroatoms. The summed E-state index contributed by atoms with van der Waals surface area (Å²) in [5.74, 6) is 0.589. The lowest BCUT2D eigenvalue weighted by molar-refractivity contribution is 0.238. The van der Waals surface area contributed by atoms with Crippen molar-refractivity contribution in [3.05, 3.63) is 82.4 Å². The van der Waals surface area contributed by atoms with Crippen molar-refractivity contribution >= 4 is 17.2 Å². The second kappa shape index (κ2) is 9.76. The molecule has 0 spiro atoms. The van der Waals surface area contributed by atoms with Crippen LogP contribution in [0.1, 0.15) is 4.88 Å². The standard InChI is InChI=1S/C22H24FN5S/c23-19-4-1-3-18(6-7-19)21(26-15-20-5-2-14-29-20)17-27-10-12-28(13-11-27)22-16-24-8-9-25-22/h1-3,5-9,14,16,21,26H,10-13,15,17H2. The average Bonchev–Trinajstić information content (AvgIpc) is 3.19. The van der Waals surface area contributed by atoms with Crippen LogP contribution >= 0.6 is 11.3 Å². The van der Waals surface area contributed by atoms with E-state index in [-0.39, 0.29) is 11.9 Å². The van der Waals surface area contributed by atoms with Crippen molar-refractivity contribution in [2.24, 2.45) is 0 Å². The van der Waals surface area contributed by atoms with Crippen LogP contribution in [-0.4, -0.2) is 53.6 Å². The fourth-order valence-electron chi connectivity index (χ4n) is 3.52. The summed E-state index contributed by atoms with van der Waals surface area (Å²) >= 11 is 1.74. The van der Waals surface area contributed by atoms with Gasteiger partial charge < -0.3 is 10.2 Å². The van der Waals surface area contributed by atoms with E-state index in [2.05, 4.69) is 48.3 Å². The molecule has 0 amide bonds. The number of nitrogens with zero attached hydrogens (tertiary/aromatic N) is 4. The van der Waals surface area contributed by atoms with Gasteiger partial charge in [-0.2, -0.15) is 4.39 Å². The molecule has 1 aliphatic heterocycles. The van der Waals surface area contributed by atoms with Gasteiger partial charge >= 0.3 is 0 Å². The number of thiophene rings is 1. The minimum Gasteiger partial charge on any atom is -0.353 e. The van der Waals surface area contributed by atoms with Crippen molar-refractivity contribution in [2.75, 3.05) is 37.6 Å². The SMILES string of the molecule is FC1=C=CC=C(C(CN2CCN(c3cnccn3)CC2)NCc2cccs2)C=C1. The van der Waals surface area contributed by atoms with Gasteiger partial charge in [-0.3, -0.25) is 9.88 Å². The van der Waals surface area contributed by atoms with Gasteiger partial charge in [0, 0.05) is 62.6 Å². The molecule has 1 saturated heterocycles. The lowest BCUT2D eigenvalue weighted by atomic mass is 10.0. The van der Waals surface area contributed by atoms with Crippen molar-refractivity contribution in [2.45, 2.75) is 12.6 Å². The Balaban J connectivity index is 1.39. The molecule has 150 valence electrons. The van der Waals surface area contributed by atoms with E-state index in [9.17, 15) is 4.39 Å². The summed E-state index contributed by atoms with van der Waals surface area (Å²) in [6.07, 6.45) is 12.2. The highest BCUT2D eigenvalue weighted by atomic mass is 32.1. The molecule has 0 radical (unpaired) electrons. The number of rotatable bonds is 7. The number of aromatic nitrogens is 2. The lowest BCUT2D eigenvalue weighted by Gasteiger charge is -2.37. The molecule has 2 aromatic rings. The maximum absolute atomic E-state index is 13.6. The van der Waals surface area contributed by atoms with Crippen LogP contribution in [0.3, 0.4) is 0 Å². The topological polar surface area (TPSA) is 44.3 Å². The summed E-state index contributed by atoms with van der Waals surface area (Å²) in [4.78, 5) is 14.6. The normalized spacial score (nSPS) is 18.3. The molecule has 0 bridgehead atoms. The largest absolute Gasteiger partial charge is 0.353 e. The van der Waals surface area contributed by atoms with Crippen LogP contribution in [0.4, 0.5) is 10.2 Å². The highest BCUT2D eigenvalue weighted by Crippen LogP contribution is 2.17.